The standard InChI is InChI=1S/C39H55NO5Si/c1-28(2)17-16-18-31(25-36(41)34(24-23-29(3)4)37(42)40-35(30(5)6)27-44-38(40)43)26-45-46(39(7,8)9,32-19-12-10-13-20-32)33-21-14-11-15-22-33/h10-15,17,19-22,25,30,34-36,41H,3,16,18,23-24,26-27H2,1-2,4-9H3/b31-25+/t34-,35+,36+/m1/s1. The van der Waals surface area contributed by atoms with Crippen molar-refractivity contribution in [1.29, 1.82) is 0 Å². The normalized spacial score (nSPS) is 17.1. The molecule has 0 saturated carbocycles. The van der Waals surface area contributed by atoms with Crippen molar-refractivity contribution in [2.45, 2.75) is 98.3 Å². The zero-order chi connectivity index (χ0) is 34.1. The molecule has 2 amide bonds. The average Bonchev–Trinajstić information content (AvgIpc) is 3.39. The van der Waals surface area contributed by atoms with Crippen molar-refractivity contribution < 1.29 is 23.9 Å². The summed E-state index contributed by atoms with van der Waals surface area (Å²) in [4.78, 5) is 28.0. The Morgan fingerprint density at radius 3 is 2.09 bits per heavy atom. The molecular weight excluding hydrogens is 591 g/mol. The van der Waals surface area contributed by atoms with Crippen LogP contribution in [0, 0.1) is 11.8 Å². The lowest BCUT2D eigenvalue weighted by molar-refractivity contribution is -0.137. The van der Waals surface area contributed by atoms with Gasteiger partial charge in [-0.1, -0.05) is 119 Å². The van der Waals surface area contributed by atoms with Crippen LogP contribution in [-0.4, -0.2) is 55.7 Å². The number of allylic oxidation sites excluding steroid dienone is 3. The van der Waals surface area contributed by atoms with Gasteiger partial charge in [-0.25, -0.2) is 9.69 Å². The molecule has 6 nitrogen and oxygen atoms in total. The Hall–Kier alpha value is -3.26. The van der Waals surface area contributed by atoms with E-state index in [4.69, 9.17) is 9.16 Å². The van der Waals surface area contributed by atoms with Crippen LogP contribution in [0.15, 0.2) is 96.1 Å². The van der Waals surface area contributed by atoms with Gasteiger partial charge < -0.3 is 14.3 Å². The molecule has 0 unspecified atom stereocenters. The van der Waals surface area contributed by atoms with E-state index in [2.05, 4.69) is 95.8 Å². The number of aliphatic hydroxyl groups is 1. The Labute approximate surface area is 278 Å². The van der Waals surface area contributed by atoms with Crippen molar-refractivity contribution in [2.24, 2.45) is 11.8 Å². The lowest BCUT2D eigenvalue weighted by atomic mass is 9.90. The van der Waals surface area contributed by atoms with Crippen LogP contribution in [0.2, 0.25) is 5.04 Å². The Morgan fingerprint density at radius 2 is 1.61 bits per heavy atom. The molecule has 1 N–H and O–H groups in total. The van der Waals surface area contributed by atoms with E-state index in [1.54, 1.807) is 0 Å². The van der Waals surface area contributed by atoms with E-state index in [9.17, 15) is 14.7 Å². The van der Waals surface area contributed by atoms with Gasteiger partial charge in [0.1, 0.15) is 6.61 Å². The van der Waals surface area contributed by atoms with E-state index in [-0.39, 0.29) is 23.6 Å². The van der Waals surface area contributed by atoms with Gasteiger partial charge >= 0.3 is 6.09 Å². The summed E-state index contributed by atoms with van der Waals surface area (Å²) in [5.74, 6) is -1.19. The molecule has 1 heterocycles. The zero-order valence-electron chi connectivity index (χ0n) is 29.2. The summed E-state index contributed by atoms with van der Waals surface area (Å²) < 4.78 is 12.5. The minimum absolute atomic E-state index is 0.0318. The van der Waals surface area contributed by atoms with Crippen LogP contribution in [0.4, 0.5) is 4.79 Å². The van der Waals surface area contributed by atoms with Crippen LogP contribution in [0.3, 0.4) is 0 Å². The van der Waals surface area contributed by atoms with Gasteiger partial charge in [0, 0.05) is 0 Å². The molecule has 0 radical (unpaired) electrons. The molecule has 250 valence electrons. The maximum atomic E-state index is 14.0. The van der Waals surface area contributed by atoms with Crippen molar-refractivity contribution in [1.82, 2.24) is 4.90 Å². The highest BCUT2D eigenvalue weighted by Crippen LogP contribution is 2.37. The van der Waals surface area contributed by atoms with Crippen molar-refractivity contribution in [2.75, 3.05) is 13.2 Å². The Balaban J connectivity index is 2.06. The molecule has 3 rings (SSSR count). The van der Waals surface area contributed by atoms with Gasteiger partial charge in [-0.2, -0.15) is 0 Å². The molecule has 2 aromatic rings. The first-order valence-corrected chi connectivity index (χ1v) is 18.5. The predicted molar refractivity (Wildman–Crippen MR) is 191 cm³/mol. The molecule has 1 fully saturated rings. The molecular formula is C39H55NO5Si. The van der Waals surface area contributed by atoms with E-state index in [0.29, 0.717) is 25.9 Å². The van der Waals surface area contributed by atoms with Crippen molar-refractivity contribution in [3.8, 4) is 0 Å². The number of carbonyl (C=O) groups is 2. The van der Waals surface area contributed by atoms with Crippen LogP contribution in [0.5, 0.6) is 0 Å². The Bertz CT molecular complexity index is 1330. The monoisotopic (exact) mass is 645 g/mol. The number of amides is 2. The lowest BCUT2D eigenvalue weighted by Gasteiger charge is -2.43. The third-order valence-corrected chi connectivity index (χ3v) is 13.8. The van der Waals surface area contributed by atoms with Crippen LogP contribution in [0.1, 0.15) is 81.1 Å². The number of ether oxygens (including phenoxy) is 1. The molecule has 2 aromatic carbocycles. The van der Waals surface area contributed by atoms with Crippen LogP contribution in [-0.2, 0) is 14.0 Å². The van der Waals surface area contributed by atoms with Crippen molar-refractivity contribution in [3.05, 3.63) is 96.1 Å². The minimum atomic E-state index is -2.84. The Kier molecular flexibility index (Phi) is 13.4. The zero-order valence-corrected chi connectivity index (χ0v) is 30.2. The SMILES string of the molecule is C=C(C)CC[C@@H](C(=O)N1C(=O)OC[C@H]1C(C)C)[C@@H](O)/C=C(\CCC=C(C)C)CO[Si](c1ccccc1)(c1ccccc1)C(C)(C)C. The molecule has 0 aromatic heterocycles. The topological polar surface area (TPSA) is 76.1 Å². The molecule has 1 saturated heterocycles. The second-order valence-electron chi connectivity index (χ2n) is 14.3. The minimum Gasteiger partial charge on any atom is -0.447 e. The average molecular weight is 646 g/mol. The molecule has 1 aliphatic rings. The van der Waals surface area contributed by atoms with Gasteiger partial charge in [-0.05, 0) is 73.4 Å². The number of carbonyl (C=O) groups excluding carboxylic acids is 2. The van der Waals surface area contributed by atoms with Gasteiger partial charge in [0.15, 0.2) is 0 Å². The Morgan fingerprint density at radius 1 is 1.04 bits per heavy atom. The summed E-state index contributed by atoms with van der Waals surface area (Å²) >= 11 is 0. The summed E-state index contributed by atoms with van der Waals surface area (Å²) in [7, 11) is -2.84. The fraction of sp³-hybridized carbons (Fsp3) is 0.487. The fourth-order valence-electron chi connectivity index (χ4n) is 6.27. The second-order valence-corrected chi connectivity index (χ2v) is 18.6. The van der Waals surface area contributed by atoms with Crippen molar-refractivity contribution in [3.63, 3.8) is 0 Å². The maximum absolute atomic E-state index is 14.0. The lowest BCUT2D eigenvalue weighted by Crippen LogP contribution is -2.66. The number of rotatable bonds is 15. The molecule has 46 heavy (non-hydrogen) atoms. The number of imide groups is 1. The summed E-state index contributed by atoms with van der Waals surface area (Å²) in [5, 5.41) is 14.0. The highest BCUT2D eigenvalue weighted by atomic mass is 28.4. The van der Waals surface area contributed by atoms with Gasteiger partial charge in [0.2, 0.25) is 5.91 Å². The molecule has 7 heteroatoms. The van der Waals surface area contributed by atoms with Gasteiger partial charge in [0.25, 0.3) is 8.32 Å². The van der Waals surface area contributed by atoms with Crippen LogP contribution >= 0.6 is 0 Å². The van der Waals surface area contributed by atoms with E-state index < -0.39 is 32.3 Å². The highest BCUT2D eigenvalue weighted by molar-refractivity contribution is 6.99. The van der Waals surface area contributed by atoms with Gasteiger partial charge in [-0.3, -0.25) is 4.79 Å². The van der Waals surface area contributed by atoms with Crippen LogP contribution < -0.4 is 10.4 Å². The summed E-state index contributed by atoms with van der Waals surface area (Å²) in [6.07, 6.45) is 4.62. The number of hydrogen-bond donors (Lipinski definition) is 1. The summed E-state index contributed by atoms with van der Waals surface area (Å²) in [5.41, 5.74) is 3.06. The van der Waals surface area contributed by atoms with E-state index in [0.717, 1.165) is 17.6 Å². The summed E-state index contributed by atoms with van der Waals surface area (Å²) in [6.45, 7) is 21.2. The number of nitrogens with zero attached hydrogens (tertiary/aromatic N) is 1. The quantitative estimate of drug-likeness (QED) is 0.160. The number of benzene rings is 2. The van der Waals surface area contributed by atoms with Gasteiger partial charge in [-0.15, -0.1) is 6.58 Å². The van der Waals surface area contributed by atoms with E-state index in [1.807, 2.05) is 39.0 Å². The first-order chi connectivity index (χ1) is 21.7. The first-order valence-electron chi connectivity index (χ1n) is 16.6. The summed E-state index contributed by atoms with van der Waals surface area (Å²) in [6, 6.07) is 20.6. The highest BCUT2D eigenvalue weighted by Gasteiger charge is 2.50. The number of cyclic esters (lactones) is 1. The smallest absolute Gasteiger partial charge is 0.416 e. The molecule has 1 aliphatic heterocycles. The predicted octanol–water partition coefficient (Wildman–Crippen LogP) is 7.57. The van der Waals surface area contributed by atoms with E-state index >= 15 is 0 Å². The molecule has 0 bridgehead atoms. The third kappa shape index (κ3) is 9.17. The molecule has 0 aliphatic carbocycles. The maximum Gasteiger partial charge on any atom is 0.416 e. The largest absolute Gasteiger partial charge is 0.447 e. The first kappa shape index (κ1) is 37.2. The number of aliphatic hydroxyl groups excluding tert-OH is 1. The van der Waals surface area contributed by atoms with Crippen LogP contribution in [0.25, 0.3) is 0 Å². The third-order valence-electron chi connectivity index (χ3n) is 8.84. The fourth-order valence-corrected chi connectivity index (χ4v) is 10.8. The number of hydrogen-bond acceptors (Lipinski definition) is 5. The van der Waals surface area contributed by atoms with Gasteiger partial charge in [0.05, 0.1) is 24.7 Å². The van der Waals surface area contributed by atoms with E-state index in [1.165, 1.54) is 20.8 Å². The molecule has 3 atom stereocenters. The second kappa shape index (κ2) is 16.5. The molecule has 0 spiro atoms. The van der Waals surface area contributed by atoms with Crippen molar-refractivity contribution >= 4 is 30.7 Å².